The SMILES string of the molecule is O=C1N=[SH](=O)Cc2ccccc21. The number of benzene rings is 1. The average Bonchev–Trinajstić information content (AvgIpc) is 2.04. The van der Waals surface area contributed by atoms with Crippen LogP contribution in [0.1, 0.15) is 15.9 Å². The third kappa shape index (κ3) is 1.14. The van der Waals surface area contributed by atoms with Crippen LogP contribution in [0.3, 0.4) is 0 Å². The van der Waals surface area contributed by atoms with Gasteiger partial charge in [-0.3, -0.25) is 9.00 Å². The van der Waals surface area contributed by atoms with Crippen molar-refractivity contribution < 1.29 is 9.00 Å². The summed E-state index contributed by atoms with van der Waals surface area (Å²) in [5.74, 6) is 0.0509. The minimum atomic E-state index is -1.69. The summed E-state index contributed by atoms with van der Waals surface area (Å²) in [7, 11) is -1.69. The van der Waals surface area contributed by atoms with Gasteiger partial charge in [0.05, 0.1) is 5.75 Å². The van der Waals surface area contributed by atoms with Crippen LogP contribution in [-0.2, 0) is 16.3 Å². The Bertz CT molecular complexity index is 419. The molecule has 0 aromatic heterocycles. The van der Waals surface area contributed by atoms with Gasteiger partial charge < -0.3 is 0 Å². The highest BCUT2D eigenvalue weighted by Gasteiger charge is 2.14. The van der Waals surface area contributed by atoms with E-state index in [1.807, 2.05) is 12.1 Å². The van der Waals surface area contributed by atoms with Crippen molar-refractivity contribution in [3.63, 3.8) is 0 Å². The topological polar surface area (TPSA) is 46.5 Å². The molecule has 0 saturated heterocycles. The number of fused-ring (bicyclic) bond motifs is 1. The van der Waals surface area contributed by atoms with Gasteiger partial charge in [-0.1, -0.05) is 18.2 Å². The van der Waals surface area contributed by atoms with E-state index in [-0.39, 0.29) is 5.91 Å². The van der Waals surface area contributed by atoms with Crippen LogP contribution >= 0.6 is 0 Å². The molecular weight excluding hydrogens is 174 g/mol. The number of amides is 1. The van der Waals surface area contributed by atoms with Crippen LogP contribution in [-0.4, -0.2) is 10.1 Å². The van der Waals surface area contributed by atoms with E-state index in [1.54, 1.807) is 12.1 Å². The highest BCUT2D eigenvalue weighted by atomic mass is 32.2. The van der Waals surface area contributed by atoms with Gasteiger partial charge in [0.15, 0.2) is 0 Å². The van der Waals surface area contributed by atoms with Crippen molar-refractivity contribution in [1.29, 1.82) is 0 Å². The van der Waals surface area contributed by atoms with E-state index in [1.165, 1.54) is 0 Å². The molecule has 1 heterocycles. The van der Waals surface area contributed by atoms with E-state index in [0.717, 1.165) is 5.56 Å². The number of hydrogen-bond acceptors (Lipinski definition) is 2. The molecule has 4 heteroatoms. The summed E-state index contributed by atoms with van der Waals surface area (Å²) < 4.78 is 14.5. The Kier molecular flexibility index (Phi) is 1.69. The lowest BCUT2D eigenvalue weighted by molar-refractivity contribution is 0.100. The lowest BCUT2D eigenvalue weighted by Crippen LogP contribution is -2.07. The predicted molar refractivity (Wildman–Crippen MR) is 46.4 cm³/mol. The molecule has 0 spiro atoms. The molecule has 62 valence electrons. The summed E-state index contributed by atoms with van der Waals surface area (Å²) in [5, 5.41) is 0. The van der Waals surface area contributed by atoms with Crippen molar-refractivity contribution in [3.8, 4) is 0 Å². The first-order valence-corrected chi connectivity index (χ1v) is 4.96. The normalized spacial score (nSPS) is 21.3. The molecule has 0 radical (unpaired) electrons. The zero-order valence-electron chi connectivity index (χ0n) is 6.23. The van der Waals surface area contributed by atoms with E-state index in [0.29, 0.717) is 11.3 Å². The number of rotatable bonds is 0. The first-order chi connectivity index (χ1) is 5.77. The number of nitrogens with zero attached hydrogens (tertiary/aromatic N) is 1. The fraction of sp³-hybridized carbons (Fsp3) is 0.125. The molecule has 3 nitrogen and oxygen atoms in total. The van der Waals surface area contributed by atoms with E-state index >= 15 is 0 Å². The maximum atomic E-state index is 11.1. The molecule has 1 aliphatic rings. The van der Waals surface area contributed by atoms with Gasteiger partial charge in [0.1, 0.15) is 0 Å². The number of carbonyl (C=O) groups excluding carboxylic acids is 1. The Morgan fingerprint density at radius 2 is 2.08 bits per heavy atom. The zero-order valence-corrected chi connectivity index (χ0v) is 7.12. The third-order valence-corrected chi connectivity index (χ3v) is 2.77. The molecule has 12 heavy (non-hydrogen) atoms. The Morgan fingerprint density at radius 1 is 1.33 bits per heavy atom. The molecule has 0 saturated carbocycles. The molecule has 2 rings (SSSR count). The van der Waals surface area contributed by atoms with Gasteiger partial charge in [-0.15, -0.1) is 0 Å². The second-order valence-corrected chi connectivity index (χ2v) is 3.79. The molecule has 1 aromatic rings. The zero-order chi connectivity index (χ0) is 8.55. The molecule has 0 N–H and O–H groups in total. The summed E-state index contributed by atoms with van der Waals surface area (Å²) >= 11 is 0. The van der Waals surface area contributed by atoms with Gasteiger partial charge in [0.25, 0.3) is 5.91 Å². The Hall–Kier alpha value is -1.16. The van der Waals surface area contributed by atoms with E-state index < -0.39 is 10.6 Å². The maximum absolute atomic E-state index is 11.1. The van der Waals surface area contributed by atoms with E-state index in [4.69, 9.17) is 0 Å². The molecule has 0 aliphatic carbocycles. The summed E-state index contributed by atoms with van der Waals surface area (Å²) in [6.45, 7) is 0. The Morgan fingerprint density at radius 3 is 2.92 bits per heavy atom. The smallest absolute Gasteiger partial charge is 0.266 e. The van der Waals surface area contributed by atoms with Gasteiger partial charge in [-0.25, -0.2) is 0 Å². The van der Waals surface area contributed by atoms with Crippen molar-refractivity contribution in [3.05, 3.63) is 35.4 Å². The monoisotopic (exact) mass is 181 g/mol. The van der Waals surface area contributed by atoms with Gasteiger partial charge >= 0.3 is 0 Å². The van der Waals surface area contributed by atoms with Crippen LogP contribution in [0.2, 0.25) is 0 Å². The highest BCUT2D eigenvalue weighted by Crippen LogP contribution is 2.15. The molecule has 0 bridgehead atoms. The number of carbonyl (C=O) groups is 1. The fourth-order valence-electron chi connectivity index (χ4n) is 1.20. The van der Waals surface area contributed by atoms with Crippen molar-refractivity contribution >= 4 is 16.5 Å². The van der Waals surface area contributed by atoms with Crippen LogP contribution in [0.4, 0.5) is 0 Å². The summed E-state index contributed by atoms with van der Waals surface area (Å²) in [6.07, 6.45) is 0. The fourth-order valence-corrected chi connectivity index (χ4v) is 2.15. The van der Waals surface area contributed by atoms with E-state index in [2.05, 4.69) is 4.36 Å². The van der Waals surface area contributed by atoms with Gasteiger partial charge in [0.2, 0.25) is 0 Å². The Balaban J connectivity index is 2.63. The predicted octanol–water partition coefficient (Wildman–Crippen LogP) is 1.01. The highest BCUT2D eigenvalue weighted by molar-refractivity contribution is 7.74. The number of thiol groups is 1. The molecule has 1 atom stereocenters. The van der Waals surface area contributed by atoms with Crippen LogP contribution < -0.4 is 0 Å². The summed E-state index contributed by atoms with van der Waals surface area (Å²) in [5.41, 5.74) is 1.44. The van der Waals surface area contributed by atoms with Gasteiger partial charge in [-0.05, 0) is 11.6 Å². The molecule has 0 fully saturated rings. The average molecular weight is 181 g/mol. The quantitative estimate of drug-likeness (QED) is 0.607. The van der Waals surface area contributed by atoms with Crippen LogP contribution in [0.5, 0.6) is 0 Å². The molecule has 1 aromatic carbocycles. The maximum Gasteiger partial charge on any atom is 0.285 e. The molecule has 1 unspecified atom stereocenters. The van der Waals surface area contributed by atoms with Crippen molar-refractivity contribution in [2.24, 2.45) is 4.36 Å². The third-order valence-electron chi connectivity index (χ3n) is 1.76. The van der Waals surface area contributed by atoms with Crippen LogP contribution in [0, 0.1) is 0 Å². The molecule has 1 aliphatic heterocycles. The molecular formula is C8H7NO2S. The minimum Gasteiger partial charge on any atom is -0.266 e. The second kappa shape index (κ2) is 2.71. The second-order valence-electron chi connectivity index (χ2n) is 2.57. The first-order valence-electron chi connectivity index (χ1n) is 3.56. The van der Waals surface area contributed by atoms with Crippen LogP contribution in [0.25, 0.3) is 0 Å². The van der Waals surface area contributed by atoms with Gasteiger partial charge in [0, 0.05) is 16.2 Å². The largest absolute Gasteiger partial charge is 0.285 e. The van der Waals surface area contributed by atoms with Crippen molar-refractivity contribution in [1.82, 2.24) is 0 Å². The summed E-state index contributed by atoms with van der Waals surface area (Å²) in [4.78, 5) is 11.1. The lowest BCUT2D eigenvalue weighted by Gasteiger charge is -2.07. The van der Waals surface area contributed by atoms with Crippen molar-refractivity contribution in [2.45, 2.75) is 5.75 Å². The minimum absolute atomic E-state index is 0.349. The first kappa shape index (κ1) is 7.49. The Labute approximate surface area is 71.6 Å². The van der Waals surface area contributed by atoms with Crippen LogP contribution in [0.15, 0.2) is 28.6 Å². The lowest BCUT2D eigenvalue weighted by atomic mass is 10.1. The van der Waals surface area contributed by atoms with Gasteiger partial charge in [-0.2, -0.15) is 4.36 Å². The van der Waals surface area contributed by atoms with E-state index in [9.17, 15) is 9.00 Å². The standard InChI is InChI=1S/C8H7NO2S/c10-8-7-4-2-1-3-6(7)5-12(11)9-8/h1-4,12H,5H2. The molecule has 1 amide bonds. The van der Waals surface area contributed by atoms with Crippen molar-refractivity contribution in [2.75, 3.05) is 0 Å². The summed E-state index contributed by atoms with van der Waals surface area (Å²) in [6, 6.07) is 7.14. The number of hydrogen-bond donors (Lipinski definition) is 1.